The van der Waals surface area contributed by atoms with Gasteiger partial charge >= 0.3 is 0 Å². The molecule has 0 spiro atoms. The molecule has 116 valence electrons. The molecular weight excluding hydrogens is 268 g/mol. The molecule has 1 aliphatic rings. The lowest BCUT2D eigenvalue weighted by Crippen LogP contribution is -2.42. The summed E-state index contributed by atoms with van der Waals surface area (Å²) in [5, 5.41) is 6.60. The Bertz CT molecular complexity index is 457. The quantitative estimate of drug-likeness (QED) is 0.817. The van der Waals surface area contributed by atoms with Crippen LogP contribution in [-0.2, 0) is 4.74 Å². The highest BCUT2D eigenvalue weighted by molar-refractivity contribution is 5.93. The van der Waals surface area contributed by atoms with Gasteiger partial charge in [0.05, 0.1) is 12.7 Å². The summed E-state index contributed by atoms with van der Waals surface area (Å²) in [6, 6.07) is 3.67. The van der Waals surface area contributed by atoms with Crippen molar-refractivity contribution in [2.24, 2.45) is 0 Å². The Morgan fingerprint density at radius 3 is 3.00 bits per heavy atom. The fourth-order valence-corrected chi connectivity index (χ4v) is 2.31. The van der Waals surface area contributed by atoms with Crippen molar-refractivity contribution in [1.82, 2.24) is 15.2 Å². The molecule has 1 aromatic rings. The number of hydrogen-bond acceptors (Lipinski definition) is 5. The van der Waals surface area contributed by atoms with Crippen molar-refractivity contribution in [2.45, 2.75) is 20.0 Å². The van der Waals surface area contributed by atoms with Crippen molar-refractivity contribution in [3.63, 3.8) is 0 Å². The van der Waals surface area contributed by atoms with E-state index in [1.807, 2.05) is 19.9 Å². The predicted octanol–water partition coefficient (Wildman–Crippen LogP) is 0.964. The van der Waals surface area contributed by atoms with Crippen LogP contribution in [-0.4, -0.2) is 61.2 Å². The molecule has 1 amide bonds. The molecule has 2 N–H and O–H groups in total. The zero-order valence-electron chi connectivity index (χ0n) is 12.8. The molecule has 6 nitrogen and oxygen atoms in total. The number of nitrogens with one attached hydrogen (secondary N) is 2. The van der Waals surface area contributed by atoms with Gasteiger partial charge in [-0.1, -0.05) is 0 Å². The van der Waals surface area contributed by atoms with Crippen LogP contribution < -0.4 is 10.6 Å². The summed E-state index contributed by atoms with van der Waals surface area (Å²) in [5.74, 6) is -0.0285. The zero-order chi connectivity index (χ0) is 15.1. The van der Waals surface area contributed by atoms with Crippen LogP contribution in [0.25, 0.3) is 0 Å². The van der Waals surface area contributed by atoms with Gasteiger partial charge in [-0.25, -0.2) is 0 Å². The number of rotatable bonds is 6. The van der Waals surface area contributed by atoms with Crippen LogP contribution >= 0.6 is 0 Å². The summed E-state index contributed by atoms with van der Waals surface area (Å²) in [6.07, 6.45) is 1.83. The summed E-state index contributed by atoms with van der Waals surface area (Å²) < 4.78 is 5.63. The number of nitrogens with zero attached hydrogens (tertiary/aromatic N) is 2. The molecule has 0 saturated carbocycles. The standard InChI is InChI=1S/C15H24N4O2/c1-3-19(4-2)15(20)14-9-12(5-6-17-14)18-11-13-10-16-7-8-21-13/h5-6,9,13,16H,3-4,7-8,10-11H2,1-2H3,(H,17,18). The minimum absolute atomic E-state index is 0.0285. The smallest absolute Gasteiger partial charge is 0.272 e. The first-order chi connectivity index (χ1) is 10.2. The fourth-order valence-electron chi connectivity index (χ4n) is 2.31. The summed E-state index contributed by atoms with van der Waals surface area (Å²) in [6.45, 7) is 8.54. The highest BCUT2D eigenvalue weighted by atomic mass is 16.5. The number of ether oxygens (including phenoxy) is 1. The van der Waals surface area contributed by atoms with Crippen LogP contribution in [0.15, 0.2) is 18.3 Å². The highest BCUT2D eigenvalue weighted by Crippen LogP contribution is 2.11. The van der Waals surface area contributed by atoms with Gasteiger partial charge in [-0.2, -0.15) is 0 Å². The third kappa shape index (κ3) is 4.41. The van der Waals surface area contributed by atoms with Crippen molar-refractivity contribution in [3.8, 4) is 0 Å². The van der Waals surface area contributed by atoms with E-state index in [9.17, 15) is 4.79 Å². The topological polar surface area (TPSA) is 66.5 Å². The molecule has 2 heterocycles. The van der Waals surface area contributed by atoms with Crippen molar-refractivity contribution in [2.75, 3.05) is 44.6 Å². The summed E-state index contributed by atoms with van der Waals surface area (Å²) >= 11 is 0. The van der Waals surface area contributed by atoms with Crippen molar-refractivity contribution in [1.29, 1.82) is 0 Å². The van der Waals surface area contributed by atoms with Crippen LogP contribution in [0, 0.1) is 0 Å². The Labute approximate surface area is 125 Å². The largest absolute Gasteiger partial charge is 0.382 e. The molecule has 1 unspecified atom stereocenters. The van der Waals surface area contributed by atoms with Gasteiger partial charge in [0.1, 0.15) is 5.69 Å². The predicted molar refractivity (Wildman–Crippen MR) is 82.6 cm³/mol. The van der Waals surface area contributed by atoms with Crippen molar-refractivity contribution in [3.05, 3.63) is 24.0 Å². The maximum absolute atomic E-state index is 12.3. The van der Waals surface area contributed by atoms with E-state index in [4.69, 9.17) is 4.74 Å². The summed E-state index contributed by atoms with van der Waals surface area (Å²) in [4.78, 5) is 18.2. The minimum Gasteiger partial charge on any atom is -0.382 e. The summed E-state index contributed by atoms with van der Waals surface area (Å²) in [5.41, 5.74) is 1.38. The monoisotopic (exact) mass is 292 g/mol. The summed E-state index contributed by atoms with van der Waals surface area (Å²) in [7, 11) is 0. The lowest BCUT2D eigenvalue weighted by atomic mass is 10.2. The number of anilines is 1. The van der Waals surface area contributed by atoms with Crippen LogP contribution in [0.5, 0.6) is 0 Å². The molecule has 0 aromatic carbocycles. The zero-order valence-corrected chi connectivity index (χ0v) is 12.8. The Hall–Kier alpha value is -1.66. The molecule has 1 saturated heterocycles. The average molecular weight is 292 g/mol. The number of hydrogen-bond donors (Lipinski definition) is 2. The van der Waals surface area contributed by atoms with E-state index in [2.05, 4.69) is 15.6 Å². The fraction of sp³-hybridized carbons (Fsp3) is 0.600. The van der Waals surface area contributed by atoms with Crippen molar-refractivity contribution >= 4 is 11.6 Å². The second kappa shape index (κ2) is 7.95. The van der Waals surface area contributed by atoms with E-state index in [0.29, 0.717) is 18.8 Å². The lowest BCUT2D eigenvalue weighted by molar-refractivity contribution is 0.0372. The van der Waals surface area contributed by atoms with Gasteiger partial charge in [-0.05, 0) is 26.0 Å². The van der Waals surface area contributed by atoms with E-state index < -0.39 is 0 Å². The second-order valence-electron chi connectivity index (χ2n) is 4.99. The van der Waals surface area contributed by atoms with E-state index in [0.717, 1.165) is 31.9 Å². The van der Waals surface area contributed by atoms with Crippen LogP contribution in [0.1, 0.15) is 24.3 Å². The van der Waals surface area contributed by atoms with Gasteiger partial charge < -0.3 is 20.3 Å². The molecule has 2 rings (SSSR count). The maximum Gasteiger partial charge on any atom is 0.272 e. The Morgan fingerprint density at radius 1 is 1.52 bits per heavy atom. The van der Waals surface area contributed by atoms with Crippen LogP contribution in [0.3, 0.4) is 0 Å². The first kappa shape index (κ1) is 15.7. The van der Waals surface area contributed by atoms with E-state index in [-0.39, 0.29) is 12.0 Å². The lowest BCUT2D eigenvalue weighted by Gasteiger charge is -2.24. The van der Waals surface area contributed by atoms with Gasteiger partial charge in [-0.15, -0.1) is 0 Å². The first-order valence-electron chi connectivity index (χ1n) is 7.56. The number of aromatic nitrogens is 1. The van der Waals surface area contributed by atoms with E-state index in [1.165, 1.54) is 0 Å². The van der Waals surface area contributed by atoms with Gasteiger partial charge in [0.2, 0.25) is 0 Å². The second-order valence-corrected chi connectivity index (χ2v) is 4.99. The molecule has 1 aliphatic heterocycles. The van der Waals surface area contributed by atoms with Crippen LogP contribution in [0.4, 0.5) is 5.69 Å². The number of morpholine rings is 1. The molecule has 0 aliphatic carbocycles. The Balaban J connectivity index is 1.95. The first-order valence-corrected chi connectivity index (χ1v) is 7.56. The molecule has 21 heavy (non-hydrogen) atoms. The SMILES string of the molecule is CCN(CC)C(=O)c1cc(NCC2CNCCO2)ccn1. The van der Waals surface area contributed by atoms with Gasteiger partial charge in [0.15, 0.2) is 0 Å². The third-order valence-corrected chi connectivity index (χ3v) is 3.57. The van der Waals surface area contributed by atoms with Gasteiger partial charge in [-0.3, -0.25) is 9.78 Å². The maximum atomic E-state index is 12.3. The molecule has 0 radical (unpaired) electrons. The Morgan fingerprint density at radius 2 is 2.33 bits per heavy atom. The number of pyridine rings is 1. The van der Waals surface area contributed by atoms with E-state index >= 15 is 0 Å². The molecule has 1 atom stereocenters. The Kier molecular flexibility index (Phi) is 5.95. The molecule has 0 bridgehead atoms. The number of amides is 1. The third-order valence-electron chi connectivity index (χ3n) is 3.57. The normalized spacial score (nSPS) is 18.3. The van der Waals surface area contributed by atoms with Crippen molar-refractivity contribution < 1.29 is 9.53 Å². The number of carbonyl (C=O) groups excluding carboxylic acids is 1. The highest BCUT2D eigenvalue weighted by Gasteiger charge is 2.15. The van der Waals surface area contributed by atoms with Gasteiger partial charge in [0, 0.05) is 44.6 Å². The molecule has 6 heteroatoms. The van der Waals surface area contributed by atoms with E-state index in [1.54, 1.807) is 17.2 Å². The molecule has 1 aromatic heterocycles. The molecular formula is C15H24N4O2. The van der Waals surface area contributed by atoms with Crippen LogP contribution in [0.2, 0.25) is 0 Å². The average Bonchev–Trinajstić information content (AvgIpc) is 2.55. The minimum atomic E-state index is -0.0285. The van der Waals surface area contributed by atoms with Gasteiger partial charge in [0.25, 0.3) is 5.91 Å². The number of carbonyl (C=O) groups is 1. The molecule has 1 fully saturated rings.